The molecule has 2 aromatic rings. The van der Waals surface area contributed by atoms with Crippen molar-refractivity contribution in [3.63, 3.8) is 0 Å². The Bertz CT molecular complexity index is 623. The first-order valence-electron chi connectivity index (χ1n) is 14.2. The number of halogens is 1. The average molecular weight is 595 g/mol. The molecule has 0 heterocycles. The molecule has 2 rings (SSSR count). The van der Waals surface area contributed by atoms with E-state index in [-0.39, 0.29) is 24.0 Å². The van der Waals surface area contributed by atoms with Crippen LogP contribution in [0.3, 0.4) is 0 Å². The molecular formula is C32H52IP. The van der Waals surface area contributed by atoms with E-state index in [9.17, 15) is 0 Å². The Labute approximate surface area is 230 Å². The molecule has 0 radical (unpaired) electrons. The van der Waals surface area contributed by atoms with Crippen LogP contribution in [0.2, 0.25) is 0 Å². The molecule has 0 N–H and O–H groups in total. The zero-order valence-electron chi connectivity index (χ0n) is 22.3. The van der Waals surface area contributed by atoms with E-state index < -0.39 is 7.26 Å². The summed E-state index contributed by atoms with van der Waals surface area (Å²) < 4.78 is 0. The highest BCUT2D eigenvalue weighted by Gasteiger charge is 2.36. The van der Waals surface area contributed by atoms with E-state index in [1.54, 1.807) is 11.1 Å². The van der Waals surface area contributed by atoms with Crippen molar-refractivity contribution >= 4 is 7.26 Å². The maximum absolute atomic E-state index is 2.38. The standard InChI is InChI=1S/C32H52P.HI/c1-3-5-7-9-11-13-21-27-33(29-31-23-17-15-18-24-31,30-32-25-19-16-20-26-32)28-22-14-12-10-8-6-4-2;/h15-20,23-26H,3-14,21-22,27-30H2,1-2H3;1H/q+1;/p-1. The molecule has 0 aliphatic rings. The summed E-state index contributed by atoms with van der Waals surface area (Å²) >= 11 is 0. The van der Waals surface area contributed by atoms with Gasteiger partial charge in [0.2, 0.25) is 0 Å². The maximum Gasteiger partial charge on any atom is 0.0846 e. The molecule has 0 bridgehead atoms. The molecular weight excluding hydrogens is 542 g/mol. The normalized spacial score (nSPS) is 11.4. The molecule has 0 unspecified atom stereocenters. The quantitative estimate of drug-likeness (QED) is 0.0831. The predicted octanol–water partition coefficient (Wildman–Crippen LogP) is 7.91. The minimum Gasteiger partial charge on any atom is -1.00 e. The summed E-state index contributed by atoms with van der Waals surface area (Å²) in [5.41, 5.74) is 3.15. The minimum atomic E-state index is -1.06. The summed E-state index contributed by atoms with van der Waals surface area (Å²) in [6, 6.07) is 22.9. The van der Waals surface area contributed by atoms with Gasteiger partial charge in [-0.1, -0.05) is 139 Å². The number of benzene rings is 2. The second-order valence-corrected chi connectivity index (χ2v) is 14.5. The maximum atomic E-state index is 2.38. The molecule has 0 atom stereocenters. The molecule has 0 aliphatic heterocycles. The van der Waals surface area contributed by atoms with Crippen molar-refractivity contribution in [3.05, 3.63) is 71.8 Å². The Hall–Kier alpha value is -0.400. The number of hydrogen-bond donors (Lipinski definition) is 0. The van der Waals surface area contributed by atoms with Gasteiger partial charge in [-0.25, -0.2) is 0 Å². The summed E-state index contributed by atoms with van der Waals surface area (Å²) in [5, 5.41) is 0. The van der Waals surface area contributed by atoms with E-state index in [4.69, 9.17) is 0 Å². The highest BCUT2D eigenvalue weighted by molar-refractivity contribution is 7.74. The van der Waals surface area contributed by atoms with Crippen molar-refractivity contribution in [2.45, 2.75) is 116 Å². The van der Waals surface area contributed by atoms with Crippen LogP contribution >= 0.6 is 7.26 Å². The SMILES string of the molecule is CCCCCCCCC[P+](CCCCCCCCC)(Cc1ccccc1)Cc1ccccc1.[I-]. The van der Waals surface area contributed by atoms with Gasteiger partial charge in [0.15, 0.2) is 0 Å². The van der Waals surface area contributed by atoms with Crippen LogP contribution in [0.25, 0.3) is 0 Å². The Morgan fingerprint density at radius 1 is 0.441 bits per heavy atom. The first-order valence-corrected chi connectivity index (χ1v) is 16.7. The summed E-state index contributed by atoms with van der Waals surface area (Å²) in [7, 11) is -1.06. The van der Waals surface area contributed by atoms with Gasteiger partial charge in [0, 0.05) is 7.26 Å². The molecule has 34 heavy (non-hydrogen) atoms. The first-order chi connectivity index (χ1) is 16.3. The van der Waals surface area contributed by atoms with Crippen molar-refractivity contribution in [1.82, 2.24) is 0 Å². The topological polar surface area (TPSA) is 0 Å². The Morgan fingerprint density at radius 2 is 0.765 bits per heavy atom. The summed E-state index contributed by atoms with van der Waals surface area (Å²) in [6.07, 6.45) is 25.6. The molecule has 0 saturated carbocycles. The highest BCUT2D eigenvalue weighted by Crippen LogP contribution is 2.65. The zero-order valence-corrected chi connectivity index (χ0v) is 25.4. The monoisotopic (exact) mass is 594 g/mol. The number of rotatable bonds is 20. The Kier molecular flexibility index (Phi) is 19.3. The van der Waals surface area contributed by atoms with Gasteiger partial charge < -0.3 is 24.0 Å². The third kappa shape index (κ3) is 14.2. The van der Waals surface area contributed by atoms with Crippen LogP contribution in [0.1, 0.15) is 115 Å². The molecule has 0 spiro atoms. The van der Waals surface area contributed by atoms with Gasteiger partial charge >= 0.3 is 0 Å². The molecule has 0 amide bonds. The predicted molar refractivity (Wildman–Crippen MR) is 153 cm³/mol. The lowest BCUT2D eigenvalue weighted by atomic mass is 10.1. The van der Waals surface area contributed by atoms with Crippen LogP contribution in [0.15, 0.2) is 60.7 Å². The van der Waals surface area contributed by atoms with E-state index >= 15 is 0 Å². The van der Waals surface area contributed by atoms with Gasteiger partial charge in [0.25, 0.3) is 0 Å². The van der Waals surface area contributed by atoms with Gasteiger partial charge in [-0.05, 0) is 36.8 Å². The fourth-order valence-corrected chi connectivity index (χ4v) is 9.96. The van der Waals surface area contributed by atoms with Crippen molar-refractivity contribution in [2.24, 2.45) is 0 Å². The Morgan fingerprint density at radius 3 is 1.12 bits per heavy atom. The van der Waals surface area contributed by atoms with E-state index in [0.29, 0.717) is 0 Å². The van der Waals surface area contributed by atoms with Crippen LogP contribution in [0.5, 0.6) is 0 Å². The summed E-state index contributed by atoms with van der Waals surface area (Å²) in [4.78, 5) is 0. The smallest absolute Gasteiger partial charge is 0.0846 e. The zero-order chi connectivity index (χ0) is 23.5. The molecule has 192 valence electrons. The molecule has 0 saturated heterocycles. The highest BCUT2D eigenvalue weighted by atomic mass is 127. The molecule has 2 aromatic carbocycles. The lowest BCUT2D eigenvalue weighted by Gasteiger charge is -2.29. The fourth-order valence-electron chi connectivity index (χ4n) is 5.23. The second kappa shape index (κ2) is 20.8. The molecule has 0 aliphatic carbocycles. The van der Waals surface area contributed by atoms with Gasteiger partial charge in [0.05, 0.1) is 24.6 Å². The molecule has 2 heteroatoms. The van der Waals surface area contributed by atoms with E-state index in [1.165, 1.54) is 115 Å². The summed E-state index contributed by atoms with van der Waals surface area (Å²) in [6.45, 7) is 4.63. The third-order valence-corrected chi connectivity index (χ3v) is 11.8. The molecule has 0 nitrogen and oxygen atoms in total. The van der Waals surface area contributed by atoms with Crippen LogP contribution < -0.4 is 24.0 Å². The van der Waals surface area contributed by atoms with Crippen molar-refractivity contribution in [1.29, 1.82) is 0 Å². The lowest BCUT2D eigenvalue weighted by molar-refractivity contribution is -0.00000722. The largest absolute Gasteiger partial charge is 1.00 e. The Balaban J connectivity index is 0.00000578. The van der Waals surface area contributed by atoms with Crippen LogP contribution in [-0.2, 0) is 12.3 Å². The number of hydrogen-bond acceptors (Lipinski definition) is 0. The summed E-state index contributed by atoms with van der Waals surface area (Å²) in [5.74, 6) is 0. The lowest BCUT2D eigenvalue weighted by Crippen LogP contribution is -3.00. The van der Waals surface area contributed by atoms with Crippen molar-refractivity contribution < 1.29 is 24.0 Å². The van der Waals surface area contributed by atoms with Gasteiger partial charge in [-0.2, -0.15) is 0 Å². The van der Waals surface area contributed by atoms with E-state index in [2.05, 4.69) is 74.5 Å². The van der Waals surface area contributed by atoms with Crippen LogP contribution in [0, 0.1) is 0 Å². The van der Waals surface area contributed by atoms with Crippen LogP contribution in [-0.4, -0.2) is 12.3 Å². The van der Waals surface area contributed by atoms with Gasteiger partial charge in [-0.3, -0.25) is 0 Å². The minimum absolute atomic E-state index is 0. The van der Waals surface area contributed by atoms with Crippen molar-refractivity contribution in [3.8, 4) is 0 Å². The van der Waals surface area contributed by atoms with Gasteiger partial charge in [0.1, 0.15) is 0 Å². The van der Waals surface area contributed by atoms with Gasteiger partial charge in [-0.15, -0.1) is 0 Å². The third-order valence-electron chi connectivity index (χ3n) is 7.19. The second-order valence-electron chi connectivity index (χ2n) is 10.3. The molecule has 0 fully saturated rings. The van der Waals surface area contributed by atoms with E-state index in [0.717, 1.165) is 0 Å². The first kappa shape index (κ1) is 31.6. The van der Waals surface area contributed by atoms with Crippen molar-refractivity contribution in [2.75, 3.05) is 12.3 Å². The number of unbranched alkanes of at least 4 members (excludes halogenated alkanes) is 12. The average Bonchev–Trinajstić information content (AvgIpc) is 2.84. The van der Waals surface area contributed by atoms with Crippen LogP contribution in [0.4, 0.5) is 0 Å². The van der Waals surface area contributed by atoms with E-state index in [1.807, 2.05) is 0 Å². The fraction of sp³-hybridized carbons (Fsp3) is 0.625. The molecule has 0 aromatic heterocycles.